The number of nitrogens with zero attached hydrogens (tertiary/aromatic N) is 2. The van der Waals surface area contributed by atoms with Crippen LogP contribution in [0.5, 0.6) is 17.2 Å². The summed E-state index contributed by atoms with van der Waals surface area (Å²) in [6.07, 6.45) is 3.05. The molecule has 0 radical (unpaired) electrons. The molecule has 7 nitrogen and oxygen atoms in total. The van der Waals surface area contributed by atoms with Crippen molar-refractivity contribution in [1.82, 2.24) is 10.2 Å². The van der Waals surface area contributed by atoms with Crippen LogP contribution in [0, 0.1) is 6.92 Å². The minimum Gasteiger partial charge on any atom is -0.493 e. The first kappa shape index (κ1) is 16.8. The number of carbonyl (C=O) groups is 1. The van der Waals surface area contributed by atoms with E-state index >= 15 is 0 Å². The lowest BCUT2D eigenvalue weighted by Crippen LogP contribution is -2.07. The zero-order valence-electron chi connectivity index (χ0n) is 13.2. The van der Waals surface area contributed by atoms with Crippen molar-refractivity contribution < 1.29 is 19.0 Å². The Labute approximate surface area is 137 Å². The van der Waals surface area contributed by atoms with Crippen LogP contribution in [0.1, 0.15) is 10.6 Å². The Morgan fingerprint density at radius 2 is 1.78 bits per heavy atom. The van der Waals surface area contributed by atoms with E-state index in [4.69, 9.17) is 14.2 Å². The number of methoxy groups -OCH3 is 3. The van der Waals surface area contributed by atoms with E-state index in [0.717, 1.165) is 10.6 Å². The van der Waals surface area contributed by atoms with Gasteiger partial charge in [-0.15, -0.1) is 10.2 Å². The van der Waals surface area contributed by atoms with Crippen LogP contribution in [0.15, 0.2) is 18.2 Å². The van der Waals surface area contributed by atoms with Crippen molar-refractivity contribution in [2.24, 2.45) is 0 Å². The van der Waals surface area contributed by atoms with Crippen LogP contribution in [-0.4, -0.2) is 37.4 Å². The molecule has 0 atom stereocenters. The van der Waals surface area contributed by atoms with Gasteiger partial charge in [-0.3, -0.25) is 10.1 Å². The smallest absolute Gasteiger partial charge is 0.250 e. The molecule has 23 heavy (non-hydrogen) atoms. The summed E-state index contributed by atoms with van der Waals surface area (Å²) in [7, 11) is 4.61. The van der Waals surface area contributed by atoms with Crippen molar-refractivity contribution in [2.75, 3.05) is 26.6 Å². The summed E-state index contributed by atoms with van der Waals surface area (Å²) in [6, 6.07) is 3.50. The molecule has 8 heteroatoms. The van der Waals surface area contributed by atoms with Crippen molar-refractivity contribution in [3.05, 3.63) is 28.8 Å². The Balaban J connectivity index is 2.16. The molecule has 1 amide bonds. The van der Waals surface area contributed by atoms with Gasteiger partial charge in [0.15, 0.2) is 11.5 Å². The Kier molecular flexibility index (Phi) is 5.53. The van der Waals surface area contributed by atoms with Crippen molar-refractivity contribution in [3.8, 4) is 17.2 Å². The zero-order valence-corrected chi connectivity index (χ0v) is 14.1. The molecule has 2 aromatic rings. The van der Waals surface area contributed by atoms with Gasteiger partial charge in [0.25, 0.3) is 0 Å². The van der Waals surface area contributed by atoms with E-state index in [1.165, 1.54) is 38.7 Å². The van der Waals surface area contributed by atoms with Crippen LogP contribution < -0.4 is 19.5 Å². The van der Waals surface area contributed by atoms with E-state index in [-0.39, 0.29) is 5.91 Å². The lowest BCUT2D eigenvalue weighted by molar-refractivity contribution is -0.111. The molecular weight excluding hydrogens is 318 g/mol. The fourth-order valence-electron chi connectivity index (χ4n) is 1.86. The maximum atomic E-state index is 11.9. The Morgan fingerprint density at radius 3 is 2.26 bits per heavy atom. The Morgan fingerprint density at radius 1 is 1.13 bits per heavy atom. The van der Waals surface area contributed by atoms with Crippen LogP contribution >= 0.6 is 11.3 Å². The van der Waals surface area contributed by atoms with E-state index in [2.05, 4.69) is 15.5 Å². The van der Waals surface area contributed by atoms with Gasteiger partial charge >= 0.3 is 0 Å². The predicted molar refractivity (Wildman–Crippen MR) is 88.4 cm³/mol. The van der Waals surface area contributed by atoms with Crippen molar-refractivity contribution in [2.45, 2.75) is 6.92 Å². The molecule has 0 aliphatic heterocycles. The molecule has 122 valence electrons. The molecule has 0 aliphatic rings. The molecule has 0 saturated heterocycles. The second-order valence-corrected chi connectivity index (χ2v) is 5.59. The van der Waals surface area contributed by atoms with Crippen LogP contribution in [-0.2, 0) is 4.79 Å². The number of benzene rings is 1. The Hall–Kier alpha value is -2.61. The molecule has 1 aromatic heterocycles. The summed E-state index contributed by atoms with van der Waals surface area (Å²) in [4.78, 5) is 11.9. The molecule has 0 bridgehead atoms. The average Bonchev–Trinajstić information content (AvgIpc) is 2.96. The summed E-state index contributed by atoms with van der Waals surface area (Å²) in [5.41, 5.74) is 0.739. The van der Waals surface area contributed by atoms with Gasteiger partial charge in [-0.05, 0) is 30.7 Å². The number of aromatic nitrogens is 2. The highest BCUT2D eigenvalue weighted by Crippen LogP contribution is 2.38. The lowest BCUT2D eigenvalue weighted by atomic mass is 10.1. The number of aryl methyl sites for hydroxylation is 1. The molecule has 0 unspecified atom stereocenters. The highest BCUT2D eigenvalue weighted by molar-refractivity contribution is 7.15. The van der Waals surface area contributed by atoms with Gasteiger partial charge in [-0.1, -0.05) is 11.3 Å². The highest BCUT2D eigenvalue weighted by Gasteiger charge is 2.12. The molecule has 0 spiro atoms. The number of anilines is 1. The maximum Gasteiger partial charge on any atom is 0.250 e. The number of amides is 1. The van der Waals surface area contributed by atoms with Crippen LogP contribution in [0.4, 0.5) is 5.13 Å². The predicted octanol–water partition coefficient (Wildman–Crippen LogP) is 2.52. The first-order chi connectivity index (χ1) is 11.1. The van der Waals surface area contributed by atoms with E-state index in [0.29, 0.717) is 22.4 Å². The van der Waals surface area contributed by atoms with E-state index < -0.39 is 0 Å². The van der Waals surface area contributed by atoms with Gasteiger partial charge in [0, 0.05) is 6.08 Å². The standard InChI is InChI=1S/C15H17N3O4S/c1-9-17-18-15(23-9)16-13(19)6-5-10-7-11(20-2)14(22-4)12(8-10)21-3/h5-8H,1-4H3,(H,16,18,19)/b6-5+. The SMILES string of the molecule is COc1cc(/C=C/C(=O)Nc2nnc(C)s2)cc(OC)c1OC. The molecule has 0 saturated carbocycles. The van der Waals surface area contributed by atoms with Gasteiger partial charge in [0.05, 0.1) is 21.3 Å². The fraction of sp³-hybridized carbons (Fsp3) is 0.267. The van der Waals surface area contributed by atoms with Gasteiger partial charge in [0.2, 0.25) is 16.8 Å². The van der Waals surface area contributed by atoms with E-state index in [1.54, 1.807) is 18.2 Å². The number of rotatable bonds is 6. The fourth-order valence-corrected chi connectivity index (χ4v) is 2.46. The van der Waals surface area contributed by atoms with E-state index in [1.807, 2.05) is 6.92 Å². The van der Waals surface area contributed by atoms with Gasteiger partial charge in [-0.2, -0.15) is 0 Å². The lowest BCUT2D eigenvalue weighted by Gasteiger charge is -2.12. The van der Waals surface area contributed by atoms with Crippen molar-refractivity contribution in [3.63, 3.8) is 0 Å². The second-order valence-electron chi connectivity index (χ2n) is 4.41. The van der Waals surface area contributed by atoms with Gasteiger partial charge < -0.3 is 14.2 Å². The number of hydrogen-bond donors (Lipinski definition) is 1. The molecule has 1 heterocycles. The number of hydrogen-bond acceptors (Lipinski definition) is 7. The first-order valence-corrected chi connectivity index (χ1v) is 7.48. The summed E-state index contributed by atoms with van der Waals surface area (Å²) in [5.74, 6) is 1.24. The quantitative estimate of drug-likeness (QED) is 0.817. The third-order valence-corrected chi connectivity index (χ3v) is 3.62. The van der Waals surface area contributed by atoms with Crippen molar-refractivity contribution >= 4 is 28.5 Å². The number of nitrogens with one attached hydrogen (secondary N) is 1. The molecular formula is C15H17N3O4S. The monoisotopic (exact) mass is 335 g/mol. The van der Waals surface area contributed by atoms with Gasteiger partial charge in [0.1, 0.15) is 5.01 Å². The van der Waals surface area contributed by atoms with Crippen LogP contribution in [0.25, 0.3) is 6.08 Å². The minimum atomic E-state index is -0.296. The molecule has 0 aliphatic carbocycles. The topological polar surface area (TPSA) is 82.6 Å². The highest BCUT2D eigenvalue weighted by atomic mass is 32.1. The first-order valence-electron chi connectivity index (χ1n) is 6.66. The van der Waals surface area contributed by atoms with Crippen molar-refractivity contribution in [1.29, 1.82) is 0 Å². The van der Waals surface area contributed by atoms with Gasteiger partial charge in [-0.25, -0.2) is 0 Å². The maximum absolute atomic E-state index is 11.9. The van der Waals surface area contributed by atoms with Crippen LogP contribution in [0.3, 0.4) is 0 Å². The third kappa shape index (κ3) is 4.19. The largest absolute Gasteiger partial charge is 0.493 e. The Bertz CT molecular complexity index is 702. The normalized spacial score (nSPS) is 10.6. The molecule has 1 aromatic carbocycles. The average molecular weight is 335 g/mol. The molecule has 0 fully saturated rings. The third-order valence-electron chi connectivity index (χ3n) is 2.87. The zero-order chi connectivity index (χ0) is 16.8. The molecule has 1 N–H and O–H groups in total. The number of ether oxygens (including phenoxy) is 3. The van der Waals surface area contributed by atoms with Crippen LogP contribution in [0.2, 0.25) is 0 Å². The summed E-state index contributed by atoms with van der Waals surface area (Å²) in [6.45, 7) is 1.82. The molecule has 2 rings (SSSR count). The minimum absolute atomic E-state index is 0.296. The number of carbonyl (C=O) groups excluding carboxylic acids is 1. The second kappa shape index (κ2) is 7.59. The summed E-state index contributed by atoms with van der Waals surface area (Å²) >= 11 is 1.31. The summed E-state index contributed by atoms with van der Waals surface area (Å²) in [5, 5.41) is 11.6. The van der Waals surface area contributed by atoms with E-state index in [9.17, 15) is 4.79 Å². The summed E-state index contributed by atoms with van der Waals surface area (Å²) < 4.78 is 15.8.